The van der Waals surface area contributed by atoms with Crippen molar-refractivity contribution in [2.45, 2.75) is 32.4 Å². The van der Waals surface area contributed by atoms with Gasteiger partial charge in [0.25, 0.3) is 0 Å². The Kier molecular flexibility index (Phi) is 4.63. The summed E-state index contributed by atoms with van der Waals surface area (Å²) in [4.78, 5) is 14.3. The summed E-state index contributed by atoms with van der Waals surface area (Å²) in [5.74, 6) is 0.751. The van der Waals surface area contributed by atoms with Gasteiger partial charge in [0.15, 0.2) is 0 Å². The van der Waals surface area contributed by atoms with Crippen molar-refractivity contribution >= 4 is 17.5 Å². The van der Waals surface area contributed by atoms with Gasteiger partial charge in [-0.2, -0.15) is 0 Å². The maximum Gasteiger partial charge on any atom is 0.232 e. The lowest BCUT2D eigenvalue weighted by Gasteiger charge is -2.38. The van der Waals surface area contributed by atoms with Crippen LogP contribution < -0.4 is 0 Å². The molecule has 0 bridgehead atoms. The van der Waals surface area contributed by atoms with Crippen LogP contribution in [-0.2, 0) is 16.0 Å². The summed E-state index contributed by atoms with van der Waals surface area (Å²) in [5.41, 5.74) is 0.968. The van der Waals surface area contributed by atoms with E-state index >= 15 is 0 Å². The molecule has 2 aromatic rings. The molecule has 0 N–H and O–H groups in total. The number of morpholine rings is 1. The highest BCUT2D eigenvalue weighted by atomic mass is 35.5. The number of amides is 1. The van der Waals surface area contributed by atoms with E-state index in [0.29, 0.717) is 30.0 Å². The minimum Gasteiger partial charge on any atom is -0.425 e. The second-order valence-corrected chi connectivity index (χ2v) is 6.10. The molecule has 23 heavy (non-hydrogen) atoms. The monoisotopic (exact) mass is 335 g/mol. The smallest absolute Gasteiger partial charge is 0.232 e. The highest BCUT2D eigenvalue weighted by Crippen LogP contribution is 2.27. The molecule has 2 heterocycles. The van der Waals surface area contributed by atoms with Gasteiger partial charge in [-0.25, -0.2) is 0 Å². The van der Waals surface area contributed by atoms with Gasteiger partial charge >= 0.3 is 0 Å². The molecule has 0 aliphatic carbocycles. The Hall–Kier alpha value is -1.92. The van der Waals surface area contributed by atoms with Gasteiger partial charge in [-0.15, -0.1) is 10.2 Å². The third-order valence-corrected chi connectivity index (χ3v) is 4.08. The zero-order chi connectivity index (χ0) is 16.4. The highest BCUT2D eigenvalue weighted by molar-refractivity contribution is 6.30. The number of carbonyl (C=O) groups is 1. The molecule has 0 radical (unpaired) electrons. The molecule has 1 aromatic carbocycles. The Bertz CT molecular complexity index is 703. The van der Waals surface area contributed by atoms with Crippen LogP contribution in [0.25, 0.3) is 0 Å². The Morgan fingerprint density at radius 1 is 1.43 bits per heavy atom. The van der Waals surface area contributed by atoms with Crippen LogP contribution in [0, 0.1) is 6.92 Å². The van der Waals surface area contributed by atoms with E-state index in [4.69, 9.17) is 20.8 Å². The molecule has 2 atom stereocenters. The molecule has 122 valence electrons. The van der Waals surface area contributed by atoms with Gasteiger partial charge in [-0.1, -0.05) is 23.7 Å². The zero-order valence-electron chi connectivity index (χ0n) is 13.0. The average Bonchev–Trinajstić information content (AvgIpc) is 2.92. The van der Waals surface area contributed by atoms with Gasteiger partial charge in [0.1, 0.15) is 12.5 Å². The van der Waals surface area contributed by atoms with Crippen LogP contribution in [0.3, 0.4) is 0 Å². The quantitative estimate of drug-likeness (QED) is 0.862. The molecule has 0 spiro atoms. The predicted molar refractivity (Wildman–Crippen MR) is 84.1 cm³/mol. The maximum atomic E-state index is 12.5. The molecule has 1 aliphatic heterocycles. The van der Waals surface area contributed by atoms with Crippen molar-refractivity contribution in [1.82, 2.24) is 15.1 Å². The van der Waals surface area contributed by atoms with E-state index in [2.05, 4.69) is 10.2 Å². The first kappa shape index (κ1) is 16.0. The Balaban J connectivity index is 1.71. The Morgan fingerprint density at radius 2 is 2.26 bits per heavy atom. The zero-order valence-corrected chi connectivity index (χ0v) is 13.8. The van der Waals surface area contributed by atoms with Gasteiger partial charge < -0.3 is 14.1 Å². The number of nitrogens with zero attached hydrogens (tertiary/aromatic N) is 3. The molecule has 7 heteroatoms. The number of rotatable bonds is 3. The second-order valence-electron chi connectivity index (χ2n) is 5.66. The molecular formula is C16H18ClN3O3. The largest absolute Gasteiger partial charge is 0.425 e. The van der Waals surface area contributed by atoms with Gasteiger partial charge in [-0.3, -0.25) is 4.79 Å². The third-order valence-electron chi connectivity index (χ3n) is 3.84. The normalized spacial score (nSPS) is 21.4. The van der Waals surface area contributed by atoms with Gasteiger partial charge in [0, 0.05) is 11.9 Å². The van der Waals surface area contributed by atoms with Crippen LogP contribution in [0.15, 0.2) is 28.7 Å². The fraction of sp³-hybridized carbons (Fsp3) is 0.438. The minimum absolute atomic E-state index is 0.00181. The van der Waals surface area contributed by atoms with Crippen molar-refractivity contribution in [2.75, 3.05) is 13.2 Å². The van der Waals surface area contributed by atoms with E-state index in [9.17, 15) is 4.79 Å². The fourth-order valence-corrected chi connectivity index (χ4v) is 2.85. The topological polar surface area (TPSA) is 68.5 Å². The average molecular weight is 336 g/mol. The van der Waals surface area contributed by atoms with Crippen LogP contribution in [0.5, 0.6) is 0 Å². The molecule has 0 unspecified atom stereocenters. The van der Waals surface area contributed by atoms with Crippen LogP contribution in [0.4, 0.5) is 0 Å². The molecule has 0 saturated carbocycles. The van der Waals surface area contributed by atoms with E-state index in [1.807, 2.05) is 31.2 Å². The number of benzene rings is 1. The SMILES string of the molecule is Cc1nnc(CC(=O)N2C[C@@H](c3cccc(Cl)c3)OC[C@H]2C)o1. The van der Waals surface area contributed by atoms with Gasteiger partial charge in [0.05, 0.1) is 19.2 Å². The summed E-state index contributed by atoms with van der Waals surface area (Å²) in [5, 5.41) is 8.29. The number of aromatic nitrogens is 2. The van der Waals surface area contributed by atoms with Crippen molar-refractivity contribution in [1.29, 1.82) is 0 Å². The van der Waals surface area contributed by atoms with E-state index in [1.165, 1.54) is 0 Å². The van der Waals surface area contributed by atoms with Crippen LogP contribution in [0.2, 0.25) is 5.02 Å². The Morgan fingerprint density at radius 3 is 2.96 bits per heavy atom. The Labute approximate surface area is 139 Å². The van der Waals surface area contributed by atoms with Crippen LogP contribution >= 0.6 is 11.6 Å². The number of carbonyl (C=O) groups excluding carboxylic acids is 1. The minimum atomic E-state index is -0.182. The van der Waals surface area contributed by atoms with E-state index < -0.39 is 0 Å². The van der Waals surface area contributed by atoms with Crippen molar-refractivity contribution in [3.8, 4) is 0 Å². The van der Waals surface area contributed by atoms with E-state index in [0.717, 1.165) is 5.56 Å². The van der Waals surface area contributed by atoms with Crippen molar-refractivity contribution in [2.24, 2.45) is 0 Å². The standard InChI is InChI=1S/C16H18ClN3O3/c1-10-9-22-14(12-4-3-5-13(17)6-12)8-20(10)16(21)7-15-19-18-11(2)23-15/h3-6,10,14H,7-9H2,1-2H3/t10-,14+/m1/s1. The summed E-state index contributed by atoms with van der Waals surface area (Å²) >= 11 is 6.04. The number of hydrogen-bond donors (Lipinski definition) is 0. The summed E-state index contributed by atoms with van der Waals surface area (Å²) in [6.45, 7) is 4.62. The predicted octanol–water partition coefficient (Wildman–Crippen LogP) is 2.56. The molecule has 1 fully saturated rings. The molecular weight excluding hydrogens is 318 g/mol. The highest BCUT2D eigenvalue weighted by Gasteiger charge is 2.31. The van der Waals surface area contributed by atoms with Crippen LogP contribution in [-0.4, -0.2) is 40.2 Å². The molecule has 1 aromatic heterocycles. The van der Waals surface area contributed by atoms with E-state index in [1.54, 1.807) is 11.8 Å². The summed E-state index contributed by atoms with van der Waals surface area (Å²) in [7, 11) is 0. The maximum absolute atomic E-state index is 12.5. The molecule has 6 nitrogen and oxygen atoms in total. The summed E-state index contributed by atoms with van der Waals surface area (Å²) < 4.78 is 11.2. The number of halogens is 1. The third kappa shape index (κ3) is 3.71. The lowest BCUT2D eigenvalue weighted by Crippen LogP contribution is -2.48. The second kappa shape index (κ2) is 6.68. The van der Waals surface area contributed by atoms with Gasteiger partial charge in [0.2, 0.25) is 17.7 Å². The first-order chi connectivity index (χ1) is 11.0. The first-order valence-corrected chi connectivity index (χ1v) is 7.86. The molecule has 1 amide bonds. The van der Waals surface area contributed by atoms with Crippen molar-refractivity contribution < 1.29 is 13.9 Å². The first-order valence-electron chi connectivity index (χ1n) is 7.48. The van der Waals surface area contributed by atoms with Crippen molar-refractivity contribution in [3.05, 3.63) is 46.6 Å². The summed E-state index contributed by atoms with van der Waals surface area (Å²) in [6.07, 6.45) is -0.0775. The summed E-state index contributed by atoms with van der Waals surface area (Å²) in [6, 6.07) is 7.52. The fourth-order valence-electron chi connectivity index (χ4n) is 2.65. The van der Waals surface area contributed by atoms with E-state index in [-0.39, 0.29) is 24.5 Å². The lowest BCUT2D eigenvalue weighted by atomic mass is 10.1. The number of ether oxygens (including phenoxy) is 1. The number of hydrogen-bond acceptors (Lipinski definition) is 5. The molecule has 1 aliphatic rings. The molecule has 1 saturated heterocycles. The molecule has 3 rings (SSSR count). The lowest BCUT2D eigenvalue weighted by molar-refractivity contribution is -0.144. The van der Waals surface area contributed by atoms with Crippen LogP contribution in [0.1, 0.15) is 30.4 Å². The van der Waals surface area contributed by atoms with Gasteiger partial charge in [-0.05, 0) is 24.6 Å². The number of aryl methyl sites for hydroxylation is 1. The van der Waals surface area contributed by atoms with Crippen molar-refractivity contribution in [3.63, 3.8) is 0 Å².